The average Bonchev–Trinajstić information content (AvgIpc) is 2.95. The van der Waals surface area contributed by atoms with Gasteiger partial charge in [0.15, 0.2) is 0 Å². The Morgan fingerprint density at radius 3 is 2.31 bits per heavy atom. The molecule has 0 spiro atoms. The van der Waals surface area contributed by atoms with Crippen LogP contribution in [0.2, 0.25) is 0 Å². The normalized spacial score (nSPS) is 15.4. The maximum absolute atomic E-state index is 12.5. The Kier molecular flexibility index (Phi) is 5.61. The van der Waals surface area contributed by atoms with Crippen molar-refractivity contribution in [1.82, 2.24) is 4.90 Å². The van der Waals surface area contributed by atoms with Crippen molar-refractivity contribution >= 4 is 22.8 Å². The predicted molar refractivity (Wildman–Crippen MR) is 104 cm³/mol. The van der Waals surface area contributed by atoms with E-state index >= 15 is 0 Å². The first-order chi connectivity index (χ1) is 12.5. The van der Waals surface area contributed by atoms with Gasteiger partial charge in [-0.3, -0.25) is 4.90 Å². The van der Waals surface area contributed by atoms with E-state index in [0.29, 0.717) is 17.2 Å². The van der Waals surface area contributed by atoms with Gasteiger partial charge in [0.2, 0.25) is 11.1 Å². The Hall–Kier alpha value is -2.34. The quantitative estimate of drug-likeness (QED) is 0.768. The van der Waals surface area contributed by atoms with Crippen LogP contribution >= 0.6 is 0 Å². The fourth-order valence-electron chi connectivity index (χ4n) is 3.15. The molecule has 1 heterocycles. The van der Waals surface area contributed by atoms with Crippen LogP contribution in [0.5, 0.6) is 5.75 Å². The van der Waals surface area contributed by atoms with Gasteiger partial charge < -0.3 is 9.08 Å². The molecule has 0 N–H and O–H groups in total. The molecule has 1 aliphatic rings. The molecule has 2 aromatic rings. The number of hydrogen-bond donors (Lipinski definition) is 0. The molecule has 6 heteroatoms. The fourth-order valence-corrected chi connectivity index (χ4v) is 3.88. The van der Waals surface area contributed by atoms with Crippen molar-refractivity contribution in [3.63, 3.8) is 0 Å². The zero-order valence-corrected chi connectivity index (χ0v) is 16.2. The van der Waals surface area contributed by atoms with Crippen molar-refractivity contribution in [2.45, 2.75) is 32.1 Å². The zero-order chi connectivity index (χ0) is 18.7. The highest BCUT2D eigenvalue weighted by Gasteiger charge is 2.28. The van der Waals surface area contributed by atoms with E-state index in [1.54, 1.807) is 17.0 Å². The summed E-state index contributed by atoms with van der Waals surface area (Å²) in [5.74, 6) is 0.592. The van der Waals surface area contributed by atoms with E-state index in [-0.39, 0.29) is 6.03 Å². The monoisotopic (exact) mass is 372 g/mol. The fraction of sp³-hybridized carbons (Fsp3) is 0.350. The summed E-state index contributed by atoms with van der Waals surface area (Å²) in [6.45, 7) is 8.23. The minimum absolute atomic E-state index is 0.0345. The lowest BCUT2D eigenvalue weighted by Crippen LogP contribution is -2.32. The summed E-state index contributed by atoms with van der Waals surface area (Å²) in [6.07, 6.45) is 0.952. The Morgan fingerprint density at radius 1 is 1.04 bits per heavy atom. The standard InChI is InChI=1S/C20H24N2O3S/c1-4-9-21-10-11-22(20(21)23)17-5-7-19(8-6-17)26(24)25-18-13-15(2)12-16(3)14-18/h5-8,12-14H,4,9-11H2,1-3H3. The van der Waals surface area contributed by atoms with Gasteiger partial charge in [0, 0.05) is 25.3 Å². The van der Waals surface area contributed by atoms with E-state index in [4.69, 9.17) is 4.18 Å². The molecule has 1 unspecified atom stereocenters. The van der Waals surface area contributed by atoms with Gasteiger partial charge in [-0.1, -0.05) is 13.0 Å². The summed E-state index contributed by atoms with van der Waals surface area (Å²) < 4.78 is 18.1. The van der Waals surface area contributed by atoms with E-state index < -0.39 is 11.1 Å². The topological polar surface area (TPSA) is 49.9 Å². The number of hydrogen-bond acceptors (Lipinski definition) is 3. The second-order valence-corrected chi connectivity index (χ2v) is 7.66. The predicted octanol–water partition coefficient (Wildman–Crippen LogP) is 4.06. The van der Waals surface area contributed by atoms with E-state index in [9.17, 15) is 9.00 Å². The van der Waals surface area contributed by atoms with Crippen molar-refractivity contribution in [2.75, 3.05) is 24.5 Å². The zero-order valence-electron chi connectivity index (χ0n) is 15.4. The molecular formula is C20H24N2O3S. The maximum Gasteiger partial charge on any atom is 0.324 e. The van der Waals surface area contributed by atoms with E-state index in [2.05, 4.69) is 6.92 Å². The largest absolute Gasteiger partial charge is 0.397 e. The molecule has 0 aromatic heterocycles. The van der Waals surface area contributed by atoms with Gasteiger partial charge in [0.05, 0.1) is 4.90 Å². The summed E-state index contributed by atoms with van der Waals surface area (Å²) in [4.78, 5) is 16.6. The Morgan fingerprint density at radius 2 is 1.69 bits per heavy atom. The smallest absolute Gasteiger partial charge is 0.324 e. The summed E-state index contributed by atoms with van der Waals surface area (Å²) in [7, 11) is 0. The van der Waals surface area contributed by atoms with Crippen LogP contribution in [0.4, 0.5) is 10.5 Å². The molecule has 26 heavy (non-hydrogen) atoms. The number of carbonyl (C=O) groups excluding carboxylic acids is 1. The highest BCUT2D eigenvalue weighted by atomic mass is 32.2. The molecule has 2 amide bonds. The molecule has 0 bridgehead atoms. The van der Waals surface area contributed by atoms with E-state index in [1.165, 1.54) is 0 Å². The van der Waals surface area contributed by atoms with E-state index in [0.717, 1.165) is 36.3 Å². The lowest BCUT2D eigenvalue weighted by Gasteiger charge is -2.18. The minimum atomic E-state index is -1.59. The summed E-state index contributed by atoms with van der Waals surface area (Å²) in [5.41, 5.74) is 2.95. The molecule has 0 saturated carbocycles. The van der Waals surface area contributed by atoms with Gasteiger partial charge in [0.25, 0.3) is 0 Å². The van der Waals surface area contributed by atoms with Crippen LogP contribution < -0.4 is 9.08 Å². The van der Waals surface area contributed by atoms with Crippen LogP contribution in [0.25, 0.3) is 0 Å². The second kappa shape index (κ2) is 7.91. The molecule has 3 rings (SSSR count). The Bertz CT molecular complexity index is 800. The number of nitrogens with zero attached hydrogens (tertiary/aromatic N) is 2. The molecule has 5 nitrogen and oxygen atoms in total. The number of anilines is 1. The lowest BCUT2D eigenvalue weighted by molar-refractivity contribution is 0.220. The number of rotatable bonds is 6. The van der Waals surface area contributed by atoms with E-state index in [1.807, 2.05) is 49.1 Å². The second-order valence-electron chi connectivity index (χ2n) is 6.56. The molecule has 0 aliphatic carbocycles. The van der Waals surface area contributed by atoms with Gasteiger partial charge in [-0.15, -0.1) is 0 Å². The molecule has 1 saturated heterocycles. The van der Waals surface area contributed by atoms with Crippen molar-refractivity contribution in [3.05, 3.63) is 53.6 Å². The van der Waals surface area contributed by atoms with Crippen molar-refractivity contribution in [3.8, 4) is 5.75 Å². The van der Waals surface area contributed by atoms with Crippen molar-refractivity contribution in [2.24, 2.45) is 0 Å². The SMILES string of the molecule is CCCN1CCN(c2ccc(S(=O)Oc3cc(C)cc(C)c3)cc2)C1=O. The number of amides is 2. The van der Waals surface area contributed by atoms with Gasteiger partial charge in [-0.25, -0.2) is 9.00 Å². The Balaban J connectivity index is 1.69. The molecule has 2 aromatic carbocycles. The van der Waals surface area contributed by atoms with Crippen LogP contribution in [-0.2, 0) is 11.1 Å². The molecule has 138 valence electrons. The molecule has 1 fully saturated rings. The van der Waals surface area contributed by atoms with Crippen LogP contribution in [-0.4, -0.2) is 34.8 Å². The number of urea groups is 1. The summed E-state index contributed by atoms with van der Waals surface area (Å²) in [5, 5.41) is 0. The molecule has 0 radical (unpaired) electrons. The van der Waals surface area contributed by atoms with Crippen LogP contribution in [0.15, 0.2) is 47.4 Å². The van der Waals surface area contributed by atoms with Crippen LogP contribution in [0, 0.1) is 13.8 Å². The highest BCUT2D eigenvalue weighted by Crippen LogP contribution is 2.24. The van der Waals surface area contributed by atoms with Crippen molar-refractivity contribution in [1.29, 1.82) is 0 Å². The number of carbonyl (C=O) groups is 1. The van der Waals surface area contributed by atoms with Gasteiger partial charge in [-0.2, -0.15) is 0 Å². The minimum Gasteiger partial charge on any atom is -0.397 e. The van der Waals surface area contributed by atoms with Gasteiger partial charge >= 0.3 is 6.03 Å². The number of aryl methyl sites for hydroxylation is 2. The first-order valence-corrected chi connectivity index (χ1v) is 9.90. The highest BCUT2D eigenvalue weighted by molar-refractivity contribution is 7.80. The average molecular weight is 372 g/mol. The van der Waals surface area contributed by atoms with Crippen LogP contribution in [0.3, 0.4) is 0 Å². The molecular weight excluding hydrogens is 348 g/mol. The third kappa shape index (κ3) is 4.07. The number of benzene rings is 2. The Labute approximate surface area is 157 Å². The molecule has 1 aliphatic heterocycles. The van der Waals surface area contributed by atoms with Gasteiger partial charge in [-0.05, 0) is 67.8 Å². The van der Waals surface area contributed by atoms with Gasteiger partial charge in [0.1, 0.15) is 5.75 Å². The summed E-state index contributed by atoms with van der Waals surface area (Å²) >= 11 is -1.59. The maximum atomic E-state index is 12.5. The molecule has 1 atom stereocenters. The first-order valence-electron chi connectivity index (χ1n) is 8.83. The third-order valence-corrected chi connectivity index (χ3v) is 5.30. The lowest BCUT2D eigenvalue weighted by atomic mass is 10.1. The third-order valence-electron chi connectivity index (χ3n) is 4.30. The van der Waals surface area contributed by atoms with Crippen LogP contribution in [0.1, 0.15) is 24.5 Å². The summed E-state index contributed by atoms with van der Waals surface area (Å²) in [6, 6.07) is 13.0. The van der Waals surface area contributed by atoms with Crippen molar-refractivity contribution < 1.29 is 13.2 Å². The first kappa shape index (κ1) is 18.5.